The summed E-state index contributed by atoms with van der Waals surface area (Å²) in [6.07, 6.45) is 3.84. The van der Waals surface area contributed by atoms with Gasteiger partial charge in [-0.2, -0.15) is 0 Å². The largest absolute Gasteiger partial charge is 0.465 e. The van der Waals surface area contributed by atoms with Gasteiger partial charge in [-0.3, -0.25) is 14.2 Å². The van der Waals surface area contributed by atoms with Crippen LogP contribution < -0.4 is 0 Å². The van der Waals surface area contributed by atoms with Gasteiger partial charge in [0, 0.05) is 5.56 Å². The van der Waals surface area contributed by atoms with E-state index in [1.165, 1.54) is 0 Å². The van der Waals surface area contributed by atoms with Gasteiger partial charge in [0.25, 0.3) is 0 Å². The van der Waals surface area contributed by atoms with Crippen molar-refractivity contribution in [3.05, 3.63) is 34.4 Å². The molecule has 1 fully saturated rings. The van der Waals surface area contributed by atoms with Crippen LogP contribution >= 0.6 is 8.46 Å². The number of benzene rings is 1. The van der Waals surface area contributed by atoms with Crippen LogP contribution in [0.15, 0.2) is 12.1 Å². The minimum absolute atomic E-state index is 0.0638. The van der Waals surface area contributed by atoms with Crippen molar-refractivity contribution in [3.8, 4) is 0 Å². The Kier molecular flexibility index (Phi) is 6.39. The third-order valence-electron chi connectivity index (χ3n) is 5.83. The number of Topliss-reactive ketones (excluding diaryl/α,β-unsaturated/α-hetero) is 1. The molecule has 1 aromatic rings. The van der Waals surface area contributed by atoms with Crippen molar-refractivity contribution in [2.24, 2.45) is 5.41 Å². The van der Waals surface area contributed by atoms with Crippen LogP contribution in [0, 0.1) is 26.2 Å². The van der Waals surface area contributed by atoms with E-state index in [0.717, 1.165) is 36.0 Å². The smallest absolute Gasteiger partial charge is 0.324 e. The lowest BCUT2D eigenvalue weighted by Crippen LogP contribution is -2.54. The van der Waals surface area contributed by atoms with Crippen LogP contribution in [0.5, 0.6) is 0 Å². The molecule has 142 valence electrons. The Morgan fingerprint density at radius 2 is 1.65 bits per heavy atom. The monoisotopic (exact) mass is 376 g/mol. The Bertz CT molecular complexity index is 696. The number of carbonyl (C=O) groups excluding carboxylic acids is 2. The SMILES string of the molecule is CCOC(=O)C(C)(P=O)C1(C(=O)c2c(C)cc(C)cc2C)CCCCC1. The van der Waals surface area contributed by atoms with E-state index < -0.39 is 16.5 Å². The molecule has 2 rings (SSSR count). The molecule has 5 heteroatoms. The topological polar surface area (TPSA) is 60.4 Å². The third kappa shape index (κ3) is 3.36. The number of ether oxygens (including phenoxy) is 1. The summed E-state index contributed by atoms with van der Waals surface area (Å²) in [7, 11) is -0.352. The lowest BCUT2D eigenvalue weighted by molar-refractivity contribution is -0.149. The summed E-state index contributed by atoms with van der Waals surface area (Å²) in [6.45, 7) is 9.42. The van der Waals surface area contributed by atoms with E-state index >= 15 is 0 Å². The van der Waals surface area contributed by atoms with Crippen LogP contribution in [0.2, 0.25) is 0 Å². The number of esters is 1. The third-order valence-corrected chi connectivity index (χ3v) is 6.81. The Balaban J connectivity index is 2.65. The minimum atomic E-state index is -1.37. The first-order chi connectivity index (χ1) is 12.2. The normalized spacial score (nSPS) is 19.0. The number of aryl methyl sites for hydroxylation is 3. The molecule has 0 saturated heterocycles. The Labute approximate surface area is 157 Å². The number of ketones is 1. The molecule has 0 bridgehead atoms. The second-order valence-corrected chi connectivity index (χ2v) is 8.71. The number of rotatable bonds is 6. The van der Waals surface area contributed by atoms with Gasteiger partial charge in [0.05, 0.1) is 12.0 Å². The predicted molar refractivity (Wildman–Crippen MR) is 103 cm³/mol. The molecule has 1 aromatic carbocycles. The van der Waals surface area contributed by atoms with E-state index in [1.807, 2.05) is 32.9 Å². The average molecular weight is 376 g/mol. The van der Waals surface area contributed by atoms with Gasteiger partial charge >= 0.3 is 5.97 Å². The molecule has 4 nitrogen and oxygen atoms in total. The molecule has 1 aliphatic carbocycles. The zero-order chi connectivity index (χ0) is 19.5. The first-order valence-electron chi connectivity index (χ1n) is 9.38. The molecule has 1 atom stereocenters. The molecule has 1 unspecified atom stereocenters. The molecule has 0 radical (unpaired) electrons. The van der Waals surface area contributed by atoms with E-state index in [9.17, 15) is 14.2 Å². The van der Waals surface area contributed by atoms with Crippen LogP contribution in [0.25, 0.3) is 0 Å². The van der Waals surface area contributed by atoms with E-state index in [-0.39, 0.29) is 20.9 Å². The van der Waals surface area contributed by atoms with Crippen molar-refractivity contribution in [2.75, 3.05) is 6.61 Å². The van der Waals surface area contributed by atoms with Crippen LogP contribution in [0.1, 0.15) is 73.0 Å². The molecule has 0 N–H and O–H groups in total. The maximum absolute atomic E-state index is 13.8. The zero-order valence-corrected chi connectivity index (χ0v) is 17.4. The van der Waals surface area contributed by atoms with E-state index in [0.29, 0.717) is 18.4 Å². The first kappa shape index (κ1) is 20.8. The summed E-state index contributed by atoms with van der Waals surface area (Å²) in [4.78, 5) is 26.6. The number of hydrogen-bond donors (Lipinski definition) is 0. The van der Waals surface area contributed by atoms with Gasteiger partial charge in [-0.15, -0.1) is 0 Å². The van der Waals surface area contributed by atoms with Crippen molar-refractivity contribution in [1.29, 1.82) is 0 Å². The summed E-state index contributed by atoms with van der Waals surface area (Å²) in [5.74, 6) is -0.611. The molecule has 1 aliphatic rings. The summed E-state index contributed by atoms with van der Waals surface area (Å²) in [5.41, 5.74) is 2.59. The van der Waals surface area contributed by atoms with E-state index in [1.54, 1.807) is 13.8 Å². The summed E-state index contributed by atoms with van der Waals surface area (Å²) < 4.78 is 17.5. The summed E-state index contributed by atoms with van der Waals surface area (Å²) in [6, 6.07) is 3.99. The highest BCUT2D eigenvalue weighted by Gasteiger charge is 2.60. The molecule has 0 spiro atoms. The lowest BCUT2D eigenvalue weighted by Gasteiger charge is -2.44. The first-order valence-corrected chi connectivity index (χ1v) is 10.2. The maximum atomic E-state index is 13.8. The molecule has 26 heavy (non-hydrogen) atoms. The van der Waals surface area contributed by atoms with E-state index in [2.05, 4.69) is 0 Å². The molecule has 0 amide bonds. The lowest BCUT2D eigenvalue weighted by atomic mass is 9.61. The van der Waals surface area contributed by atoms with Gasteiger partial charge in [0.15, 0.2) is 19.4 Å². The van der Waals surface area contributed by atoms with Gasteiger partial charge < -0.3 is 4.74 Å². The maximum Gasteiger partial charge on any atom is 0.324 e. The van der Waals surface area contributed by atoms with Crippen LogP contribution in [-0.2, 0) is 14.1 Å². The quantitative estimate of drug-likeness (QED) is 0.381. The van der Waals surface area contributed by atoms with Gasteiger partial charge in [0.2, 0.25) is 0 Å². The Morgan fingerprint density at radius 3 is 2.12 bits per heavy atom. The second-order valence-electron chi connectivity index (χ2n) is 7.63. The van der Waals surface area contributed by atoms with Crippen molar-refractivity contribution in [1.82, 2.24) is 0 Å². The second kappa shape index (κ2) is 8.00. The molecule has 0 aromatic heterocycles. The highest BCUT2D eigenvalue weighted by Crippen LogP contribution is 2.54. The van der Waals surface area contributed by atoms with Crippen molar-refractivity contribution in [2.45, 2.75) is 71.9 Å². The van der Waals surface area contributed by atoms with Crippen molar-refractivity contribution in [3.63, 3.8) is 0 Å². The summed E-state index contributed by atoms with van der Waals surface area (Å²) in [5, 5.41) is -1.37. The van der Waals surface area contributed by atoms with E-state index in [4.69, 9.17) is 4.74 Å². The fraction of sp³-hybridized carbons (Fsp3) is 0.619. The average Bonchev–Trinajstić information content (AvgIpc) is 2.60. The van der Waals surface area contributed by atoms with Gasteiger partial charge in [-0.25, -0.2) is 0 Å². The molecular formula is C21H29O4P. The Morgan fingerprint density at radius 1 is 1.12 bits per heavy atom. The zero-order valence-electron chi connectivity index (χ0n) is 16.5. The molecular weight excluding hydrogens is 347 g/mol. The molecule has 0 aliphatic heterocycles. The highest BCUT2D eigenvalue weighted by atomic mass is 31.1. The number of hydrogen-bond acceptors (Lipinski definition) is 4. The van der Waals surface area contributed by atoms with Crippen molar-refractivity contribution < 1.29 is 18.9 Å². The van der Waals surface area contributed by atoms with Crippen LogP contribution in [0.4, 0.5) is 0 Å². The van der Waals surface area contributed by atoms with Crippen LogP contribution in [0.3, 0.4) is 0 Å². The standard InChI is InChI=1S/C21H29O4P/c1-6-25-19(23)20(5,26-24)21(10-8-7-9-11-21)18(22)17-15(3)12-14(2)13-16(17)4/h12-13H,6-11H2,1-5H3. The van der Waals surface area contributed by atoms with Gasteiger partial charge in [-0.05, 0) is 58.6 Å². The Hall–Kier alpha value is -1.54. The summed E-state index contributed by atoms with van der Waals surface area (Å²) >= 11 is 0. The van der Waals surface area contributed by atoms with Crippen LogP contribution in [-0.4, -0.2) is 23.5 Å². The number of carbonyl (C=O) groups is 2. The highest BCUT2D eigenvalue weighted by molar-refractivity contribution is 7.28. The fourth-order valence-electron chi connectivity index (χ4n) is 4.46. The van der Waals surface area contributed by atoms with Gasteiger partial charge in [0.1, 0.15) is 0 Å². The predicted octanol–water partition coefficient (Wildman–Crippen LogP) is 5.36. The van der Waals surface area contributed by atoms with Crippen molar-refractivity contribution >= 4 is 20.2 Å². The molecule has 1 saturated carbocycles. The fourth-order valence-corrected chi connectivity index (χ4v) is 5.10. The minimum Gasteiger partial charge on any atom is -0.465 e. The molecule has 0 heterocycles. The van der Waals surface area contributed by atoms with Gasteiger partial charge in [-0.1, -0.05) is 37.0 Å².